The fraction of sp³-hybridized carbons (Fsp3) is 0.615. The van der Waals surface area contributed by atoms with Crippen LogP contribution in [0.4, 0.5) is 0 Å². The molecular formula is C13H18N4O5. The molecule has 0 radical (unpaired) electrons. The molecule has 1 amide bonds. The molecule has 1 N–H and O–H groups in total. The third-order valence-electron chi connectivity index (χ3n) is 2.97. The maximum absolute atomic E-state index is 11.9. The van der Waals surface area contributed by atoms with E-state index in [4.69, 9.17) is 15.0 Å². The smallest absolute Gasteiger partial charge is 0.333 e. The van der Waals surface area contributed by atoms with E-state index in [0.29, 0.717) is 0 Å². The van der Waals surface area contributed by atoms with E-state index in [0.717, 1.165) is 0 Å². The van der Waals surface area contributed by atoms with Gasteiger partial charge in [0.05, 0.1) is 18.7 Å². The number of azide groups is 1. The quantitative estimate of drug-likeness (QED) is 0.350. The number of hydrogen-bond acceptors (Lipinski definition) is 6. The first-order valence-corrected chi connectivity index (χ1v) is 6.75. The number of amides is 1. The summed E-state index contributed by atoms with van der Waals surface area (Å²) in [6.45, 7) is 4.36. The molecule has 9 nitrogen and oxygen atoms in total. The summed E-state index contributed by atoms with van der Waals surface area (Å²) in [5.74, 6) is -1.52. The molecule has 0 saturated carbocycles. The van der Waals surface area contributed by atoms with Gasteiger partial charge in [-0.3, -0.25) is 9.59 Å². The number of carbonyl (C=O) groups excluding carboxylic acids is 3. The number of esters is 2. The number of nitrogens with one attached hydrogen (secondary N) is 1. The maximum Gasteiger partial charge on any atom is 0.333 e. The third-order valence-corrected chi connectivity index (χ3v) is 2.97. The van der Waals surface area contributed by atoms with Crippen molar-refractivity contribution in [2.75, 3.05) is 6.61 Å². The van der Waals surface area contributed by atoms with Crippen molar-refractivity contribution in [3.63, 3.8) is 0 Å². The van der Waals surface area contributed by atoms with E-state index < -0.39 is 30.1 Å². The Kier molecular flexibility index (Phi) is 6.40. The minimum absolute atomic E-state index is 0.0889. The fourth-order valence-electron chi connectivity index (χ4n) is 2.21. The molecule has 0 aromatic rings. The number of ether oxygens (including phenoxy) is 2. The SMILES string of the molecule is CCOC(=O)C1=C[C@@H](OC(C)=O)[C@H](NC(C)=O)[C@H](N=[N+]=[N-])C1. The molecule has 1 aliphatic carbocycles. The van der Waals surface area contributed by atoms with Gasteiger partial charge in [-0.2, -0.15) is 0 Å². The molecule has 0 heterocycles. The van der Waals surface area contributed by atoms with Crippen LogP contribution in [-0.2, 0) is 23.9 Å². The van der Waals surface area contributed by atoms with Crippen molar-refractivity contribution in [3.8, 4) is 0 Å². The summed E-state index contributed by atoms with van der Waals surface area (Å²) in [5.41, 5.74) is 8.91. The Morgan fingerprint density at radius 2 is 2.14 bits per heavy atom. The standard InChI is InChI=1S/C13H18N4O5/c1-4-21-13(20)9-5-10(16-17-14)12(15-7(2)18)11(6-9)22-8(3)19/h6,10-12H,4-5H2,1-3H3,(H,15,18)/t10-,11-,12-/m1/s1. The first-order valence-electron chi connectivity index (χ1n) is 6.75. The van der Waals surface area contributed by atoms with Gasteiger partial charge in [0, 0.05) is 24.3 Å². The van der Waals surface area contributed by atoms with E-state index in [-0.39, 0.29) is 24.5 Å². The van der Waals surface area contributed by atoms with E-state index >= 15 is 0 Å². The lowest BCUT2D eigenvalue weighted by atomic mass is 9.88. The second kappa shape index (κ2) is 8.04. The van der Waals surface area contributed by atoms with Crippen LogP contribution in [0, 0.1) is 0 Å². The molecule has 0 fully saturated rings. The highest BCUT2D eigenvalue weighted by molar-refractivity contribution is 5.89. The molecule has 0 aromatic heterocycles. The highest BCUT2D eigenvalue weighted by atomic mass is 16.5. The average molecular weight is 310 g/mol. The summed E-state index contributed by atoms with van der Waals surface area (Å²) in [7, 11) is 0. The molecule has 120 valence electrons. The Hall–Kier alpha value is -2.54. The minimum atomic E-state index is -0.912. The highest BCUT2D eigenvalue weighted by Crippen LogP contribution is 2.25. The second-order valence-electron chi connectivity index (χ2n) is 4.69. The van der Waals surface area contributed by atoms with E-state index in [1.54, 1.807) is 6.92 Å². The third kappa shape index (κ3) is 4.78. The summed E-state index contributed by atoms with van der Waals surface area (Å²) in [5, 5.41) is 6.18. The minimum Gasteiger partial charge on any atom is -0.463 e. The second-order valence-corrected chi connectivity index (χ2v) is 4.69. The van der Waals surface area contributed by atoms with Crippen molar-refractivity contribution < 1.29 is 23.9 Å². The predicted molar refractivity (Wildman–Crippen MR) is 75.4 cm³/mol. The number of nitrogens with zero attached hydrogens (tertiary/aromatic N) is 3. The average Bonchev–Trinajstić information content (AvgIpc) is 2.41. The summed E-state index contributed by atoms with van der Waals surface area (Å²) < 4.78 is 10.0. The molecule has 0 saturated heterocycles. The molecule has 0 unspecified atom stereocenters. The van der Waals surface area contributed by atoms with Crippen LogP contribution < -0.4 is 5.32 Å². The summed E-state index contributed by atoms with van der Waals surface area (Å²) in [4.78, 5) is 37.1. The molecule has 0 spiro atoms. The Morgan fingerprint density at radius 1 is 1.45 bits per heavy atom. The molecule has 0 aromatic carbocycles. The Morgan fingerprint density at radius 3 is 2.64 bits per heavy atom. The van der Waals surface area contributed by atoms with E-state index in [9.17, 15) is 14.4 Å². The Balaban J connectivity index is 3.16. The van der Waals surface area contributed by atoms with Gasteiger partial charge in [0.15, 0.2) is 0 Å². The molecular weight excluding hydrogens is 292 g/mol. The first-order chi connectivity index (χ1) is 10.4. The van der Waals surface area contributed by atoms with Gasteiger partial charge < -0.3 is 14.8 Å². The van der Waals surface area contributed by atoms with E-state index in [1.165, 1.54) is 19.9 Å². The summed E-state index contributed by atoms with van der Waals surface area (Å²) >= 11 is 0. The van der Waals surface area contributed by atoms with Crippen molar-refractivity contribution in [3.05, 3.63) is 22.1 Å². The monoisotopic (exact) mass is 310 g/mol. The van der Waals surface area contributed by atoms with Gasteiger partial charge in [0.25, 0.3) is 0 Å². The molecule has 0 aliphatic heterocycles. The maximum atomic E-state index is 11.9. The van der Waals surface area contributed by atoms with Gasteiger partial charge in [-0.15, -0.1) is 0 Å². The first kappa shape index (κ1) is 17.5. The lowest BCUT2D eigenvalue weighted by Crippen LogP contribution is -2.52. The van der Waals surface area contributed by atoms with Crippen LogP contribution in [0.5, 0.6) is 0 Å². The number of carbonyl (C=O) groups is 3. The van der Waals surface area contributed by atoms with Crippen molar-refractivity contribution in [1.29, 1.82) is 0 Å². The zero-order valence-electron chi connectivity index (χ0n) is 12.6. The van der Waals surface area contributed by atoms with Crippen LogP contribution in [0.2, 0.25) is 0 Å². The van der Waals surface area contributed by atoms with Gasteiger partial charge in [-0.05, 0) is 25.0 Å². The lowest BCUT2D eigenvalue weighted by molar-refractivity contribution is -0.147. The van der Waals surface area contributed by atoms with Gasteiger partial charge in [-0.25, -0.2) is 4.79 Å². The van der Waals surface area contributed by atoms with Crippen LogP contribution in [-0.4, -0.2) is 42.6 Å². The Bertz CT molecular complexity index is 539. The zero-order valence-corrected chi connectivity index (χ0v) is 12.6. The number of hydrogen-bond donors (Lipinski definition) is 1. The topological polar surface area (TPSA) is 130 Å². The predicted octanol–water partition coefficient (Wildman–Crippen LogP) is 0.995. The zero-order chi connectivity index (χ0) is 16.7. The van der Waals surface area contributed by atoms with E-state index in [2.05, 4.69) is 15.3 Å². The van der Waals surface area contributed by atoms with Crippen molar-refractivity contribution in [1.82, 2.24) is 5.32 Å². The molecule has 1 aliphatic rings. The molecule has 1 rings (SSSR count). The van der Waals surface area contributed by atoms with Crippen LogP contribution in [0.25, 0.3) is 10.4 Å². The Labute approximate surface area is 127 Å². The van der Waals surface area contributed by atoms with Crippen LogP contribution in [0.3, 0.4) is 0 Å². The van der Waals surface area contributed by atoms with Crippen molar-refractivity contribution in [2.45, 2.75) is 45.4 Å². The fourth-order valence-corrected chi connectivity index (χ4v) is 2.21. The van der Waals surface area contributed by atoms with Crippen molar-refractivity contribution in [2.24, 2.45) is 5.11 Å². The molecule has 9 heteroatoms. The van der Waals surface area contributed by atoms with Crippen molar-refractivity contribution >= 4 is 17.8 Å². The van der Waals surface area contributed by atoms with Crippen LogP contribution >= 0.6 is 0 Å². The summed E-state index contributed by atoms with van der Waals surface area (Å²) in [6, 6.07) is -1.50. The van der Waals surface area contributed by atoms with Gasteiger partial charge >= 0.3 is 11.9 Å². The van der Waals surface area contributed by atoms with Crippen LogP contribution in [0.15, 0.2) is 16.8 Å². The number of rotatable bonds is 5. The van der Waals surface area contributed by atoms with Crippen LogP contribution in [0.1, 0.15) is 27.2 Å². The summed E-state index contributed by atoms with van der Waals surface area (Å²) in [6.07, 6.45) is 0.597. The highest BCUT2D eigenvalue weighted by Gasteiger charge is 2.37. The molecule has 0 bridgehead atoms. The largest absolute Gasteiger partial charge is 0.463 e. The molecule has 3 atom stereocenters. The van der Waals surface area contributed by atoms with Gasteiger partial charge in [-0.1, -0.05) is 5.11 Å². The van der Waals surface area contributed by atoms with Gasteiger partial charge in [0.1, 0.15) is 6.10 Å². The van der Waals surface area contributed by atoms with Gasteiger partial charge in [0.2, 0.25) is 5.91 Å². The molecule has 22 heavy (non-hydrogen) atoms. The lowest BCUT2D eigenvalue weighted by Gasteiger charge is -2.34. The normalized spacial score (nSPS) is 23.6. The van der Waals surface area contributed by atoms with E-state index in [1.807, 2.05) is 0 Å².